The molecule has 3 heterocycles. The van der Waals surface area contributed by atoms with E-state index in [-0.39, 0.29) is 30.7 Å². The fourth-order valence-electron chi connectivity index (χ4n) is 4.38. The molecule has 1 aromatic heterocycles. The molecule has 5 rings (SSSR count). The molecule has 1 saturated heterocycles. The van der Waals surface area contributed by atoms with Crippen LogP contribution in [-0.2, 0) is 22.7 Å². The zero-order chi connectivity index (χ0) is 23.1. The lowest BCUT2D eigenvalue weighted by Gasteiger charge is -2.29. The van der Waals surface area contributed by atoms with Crippen molar-refractivity contribution in [1.29, 1.82) is 0 Å². The lowest BCUT2D eigenvalue weighted by Crippen LogP contribution is -2.52. The minimum absolute atomic E-state index is 0.217. The van der Waals surface area contributed by atoms with Crippen LogP contribution in [0, 0.1) is 0 Å². The molecule has 3 aromatic rings. The third-order valence-electron chi connectivity index (χ3n) is 6.11. The molecule has 0 bridgehead atoms. The van der Waals surface area contributed by atoms with E-state index in [0.29, 0.717) is 30.0 Å². The standard InChI is InChI=1S/C24H22N4O5/c1-33-16-3-5-18-14(9-16)10-19(26-18)22(30)25-11-13-2-4-17-15(8-13)12-28(24(17)32)20-6-7-21(29)27-23(20)31/h2-5,8-10,20,26H,6-7,11-12H2,1H3,(H,25,30)(H,27,29,31). The van der Waals surface area contributed by atoms with Crippen LogP contribution in [0.3, 0.4) is 0 Å². The molecular weight excluding hydrogens is 424 g/mol. The number of carbonyl (C=O) groups is 4. The van der Waals surface area contributed by atoms with Crippen LogP contribution in [0.1, 0.15) is 44.8 Å². The second kappa shape index (κ2) is 8.09. The van der Waals surface area contributed by atoms with Crippen LogP contribution >= 0.6 is 0 Å². The highest BCUT2D eigenvalue weighted by Crippen LogP contribution is 2.28. The number of nitrogens with one attached hydrogen (secondary N) is 3. The summed E-state index contributed by atoms with van der Waals surface area (Å²) in [5.41, 5.74) is 3.47. The van der Waals surface area contributed by atoms with Crippen LogP contribution in [0.25, 0.3) is 10.9 Å². The van der Waals surface area contributed by atoms with Crippen LogP contribution < -0.4 is 15.4 Å². The summed E-state index contributed by atoms with van der Waals surface area (Å²) in [5, 5.41) is 6.07. The number of imide groups is 1. The summed E-state index contributed by atoms with van der Waals surface area (Å²) in [6.45, 7) is 0.587. The van der Waals surface area contributed by atoms with Crippen molar-refractivity contribution in [2.24, 2.45) is 0 Å². The van der Waals surface area contributed by atoms with Crippen molar-refractivity contribution in [3.05, 3.63) is 64.8 Å². The van der Waals surface area contributed by atoms with Crippen LogP contribution in [0.2, 0.25) is 0 Å². The molecular formula is C24H22N4O5. The van der Waals surface area contributed by atoms with E-state index in [1.807, 2.05) is 24.3 Å². The highest BCUT2D eigenvalue weighted by Gasteiger charge is 2.39. The molecule has 9 nitrogen and oxygen atoms in total. The molecule has 33 heavy (non-hydrogen) atoms. The van der Waals surface area contributed by atoms with Gasteiger partial charge in [-0.25, -0.2) is 0 Å². The average molecular weight is 446 g/mol. The molecule has 4 amide bonds. The van der Waals surface area contributed by atoms with Gasteiger partial charge < -0.3 is 19.9 Å². The second-order valence-electron chi connectivity index (χ2n) is 8.21. The molecule has 2 aliphatic rings. The highest BCUT2D eigenvalue weighted by molar-refractivity contribution is 6.05. The van der Waals surface area contributed by atoms with Gasteiger partial charge in [-0.1, -0.05) is 12.1 Å². The Labute approximate surface area is 189 Å². The van der Waals surface area contributed by atoms with Crippen molar-refractivity contribution in [3.8, 4) is 5.75 Å². The van der Waals surface area contributed by atoms with Crippen molar-refractivity contribution >= 4 is 34.5 Å². The molecule has 1 unspecified atom stereocenters. The molecule has 1 fully saturated rings. The summed E-state index contributed by atoms with van der Waals surface area (Å²) in [6.07, 6.45) is 0.540. The van der Waals surface area contributed by atoms with Crippen molar-refractivity contribution in [2.75, 3.05) is 7.11 Å². The molecule has 3 N–H and O–H groups in total. The molecule has 168 valence electrons. The largest absolute Gasteiger partial charge is 0.497 e. The monoisotopic (exact) mass is 446 g/mol. The van der Waals surface area contributed by atoms with E-state index < -0.39 is 11.9 Å². The molecule has 1 atom stereocenters. The van der Waals surface area contributed by atoms with E-state index in [2.05, 4.69) is 15.6 Å². The maximum Gasteiger partial charge on any atom is 0.267 e. The number of benzene rings is 2. The normalized spacial score (nSPS) is 17.8. The number of ether oxygens (including phenoxy) is 1. The predicted octanol–water partition coefficient (Wildman–Crippen LogP) is 1.87. The summed E-state index contributed by atoms with van der Waals surface area (Å²) in [4.78, 5) is 53.6. The molecule has 9 heteroatoms. The van der Waals surface area contributed by atoms with Gasteiger partial charge in [0.1, 0.15) is 17.5 Å². The Balaban J connectivity index is 1.26. The first-order valence-electron chi connectivity index (χ1n) is 10.6. The maximum absolute atomic E-state index is 12.8. The Morgan fingerprint density at radius 1 is 1.15 bits per heavy atom. The van der Waals surface area contributed by atoms with Crippen molar-refractivity contribution in [2.45, 2.75) is 32.0 Å². The van der Waals surface area contributed by atoms with Crippen LogP contribution in [0.4, 0.5) is 0 Å². The zero-order valence-corrected chi connectivity index (χ0v) is 17.9. The average Bonchev–Trinajstić information content (AvgIpc) is 3.38. The van der Waals surface area contributed by atoms with Gasteiger partial charge in [0.2, 0.25) is 11.8 Å². The number of aromatic amines is 1. The summed E-state index contributed by atoms with van der Waals surface area (Å²) >= 11 is 0. The van der Waals surface area contributed by atoms with Gasteiger partial charge in [0.25, 0.3) is 11.8 Å². The van der Waals surface area contributed by atoms with E-state index in [9.17, 15) is 19.2 Å². The fraction of sp³-hybridized carbons (Fsp3) is 0.250. The maximum atomic E-state index is 12.8. The van der Waals surface area contributed by atoms with Crippen molar-refractivity contribution in [1.82, 2.24) is 20.5 Å². The lowest BCUT2D eigenvalue weighted by molar-refractivity contribution is -0.136. The van der Waals surface area contributed by atoms with Gasteiger partial charge in [-0.05, 0) is 47.9 Å². The third-order valence-corrected chi connectivity index (χ3v) is 6.11. The van der Waals surface area contributed by atoms with Crippen LogP contribution in [0.15, 0.2) is 42.5 Å². The SMILES string of the molecule is COc1ccc2[nH]c(C(=O)NCc3ccc4c(c3)CN(C3CCC(=O)NC3=O)C4=O)cc2c1. The third kappa shape index (κ3) is 3.82. The first-order valence-corrected chi connectivity index (χ1v) is 10.6. The molecule has 0 spiro atoms. The number of aromatic nitrogens is 1. The zero-order valence-electron chi connectivity index (χ0n) is 17.9. The van der Waals surface area contributed by atoms with Gasteiger partial charge in [-0.2, -0.15) is 0 Å². The number of carbonyl (C=O) groups excluding carboxylic acids is 4. The van der Waals surface area contributed by atoms with E-state index in [4.69, 9.17) is 4.74 Å². The van der Waals surface area contributed by atoms with E-state index in [1.165, 1.54) is 4.90 Å². The smallest absolute Gasteiger partial charge is 0.267 e. The Morgan fingerprint density at radius 3 is 2.79 bits per heavy atom. The topological polar surface area (TPSA) is 121 Å². The van der Waals surface area contributed by atoms with Gasteiger partial charge in [0.05, 0.1) is 7.11 Å². The van der Waals surface area contributed by atoms with Crippen LogP contribution in [-0.4, -0.2) is 46.7 Å². The molecule has 2 aromatic carbocycles. The first kappa shape index (κ1) is 20.7. The van der Waals surface area contributed by atoms with Gasteiger partial charge in [-0.3, -0.25) is 24.5 Å². The summed E-state index contributed by atoms with van der Waals surface area (Å²) in [7, 11) is 1.59. The molecule has 0 radical (unpaired) electrons. The Kier molecular flexibility index (Phi) is 5.08. The Hall–Kier alpha value is -4.14. The Morgan fingerprint density at radius 2 is 2.00 bits per heavy atom. The molecule has 0 aliphatic carbocycles. The highest BCUT2D eigenvalue weighted by atomic mass is 16.5. The number of amides is 4. The summed E-state index contributed by atoms with van der Waals surface area (Å²) in [6, 6.07) is 12.0. The van der Waals surface area contributed by atoms with Gasteiger partial charge in [0, 0.05) is 36.0 Å². The summed E-state index contributed by atoms with van der Waals surface area (Å²) in [5.74, 6) is -0.494. The second-order valence-corrected chi connectivity index (χ2v) is 8.21. The number of nitrogens with zero attached hydrogens (tertiary/aromatic N) is 1. The van der Waals surface area contributed by atoms with Gasteiger partial charge in [0.15, 0.2) is 0 Å². The Bertz CT molecular complexity index is 1310. The molecule has 2 aliphatic heterocycles. The van der Waals surface area contributed by atoms with Gasteiger partial charge >= 0.3 is 0 Å². The molecule has 0 saturated carbocycles. The van der Waals surface area contributed by atoms with E-state index in [1.54, 1.807) is 25.3 Å². The lowest BCUT2D eigenvalue weighted by atomic mass is 10.0. The minimum atomic E-state index is -0.647. The fourth-order valence-corrected chi connectivity index (χ4v) is 4.38. The van der Waals surface area contributed by atoms with Crippen molar-refractivity contribution < 1.29 is 23.9 Å². The number of piperidine rings is 1. The minimum Gasteiger partial charge on any atom is -0.497 e. The first-order chi connectivity index (χ1) is 15.9. The van der Waals surface area contributed by atoms with E-state index in [0.717, 1.165) is 22.0 Å². The van der Waals surface area contributed by atoms with E-state index >= 15 is 0 Å². The number of hydrogen-bond donors (Lipinski definition) is 3. The number of rotatable bonds is 5. The van der Waals surface area contributed by atoms with Gasteiger partial charge in [-0.15, -0.1) is 0 Å². The summed E-state index contributed by atoms with van der Waals surface area (Å²) < 4.78 is 5.22. The quantitative estimate of drug-likeness (QED) is 0.517. The van der Waals surface area contributed by atoms with Crippen LogP contribution in [0.5, 0.6) is 5.75 Å². The van der Waals surface area contributed by atoms with Crippen molar-refractivity contribution in [3.63, 3.8) is 0 Å². The number of hydrogen-bond acceptors (Lipinski definition) is 5. The number of H-pyrrole nitrogens is 1. The number of methoxy groups -OCH3 is 1. The number of fused-ring (bicyclic) bond motifs is 2. The predicted molar refractivity (Wildman–Crippen MR) is 119 cm³/mol.